The Labute approximate surface area is 188 Å². The Morgan fingerprint density at radius 2 is 1.94 bits per heavy atom. The molecule has 0 aliphatic carbocycles. The highest BCUT2D eigenvalue weighted by molar-refractivity contribution is 5.83. The Kier molecular flexibility index (Phi) is 5.33. The topological polar surface area (TPSA) is 104 Å². The standard InChI is InChI=1S/C22H23F2N7O2/c1-11-6-14-20(24)16(8-15(23)21(14)25-11)33-22-27-17(26-18-7-12(2)29-30-18)9-19(28-22)31-5-4-13(10-31)32-3/h6-9,13,25H,4-5,10H2,1-3H3,(H2,26,27,28,29,30). The van der Waals surface area contributed by atoms with E-state index in [1.54, 1.807) is 20.1 Å². The second-order valence-electron chi connectivity index (χ2n) is 8.06. The van der Waals surface area contributed by atoms with Crippen molar-refractivity contribution in [3.05, 3.63) is 47.3 Å². The lowest BCUT2D eigenvalue weighted by Gasteiger charge is -2.19. The quantitative estimate of drug-likeness (QED) is 0.397. The summed E-state index contributed by atoms with van der Waals surface area (Å²) in [5, 5.41) is 10.2. The Bertz CT molecular complexity index is 1320. The number of hydrogen-bond donors (Lipinski definition) is 3. The van der Waals surface area contributed by atoms with Crippen LogP contribution in [-0.4, -0.2) is 51.5 Å². The fourth-order valence-electron chi connectivity index (χ4n) is 3.93. The van der Waals surface area contributed by atoms with Crippen molar-refractivity contribution in [3.63, 3.8) is 0 Å². The van der Waals surface area contributed by atoms with Crippen molar-refractivity contribution < 1.29 is 18.3 Å². The van der Waals surface area contributed by atoms with Crippen LogP contribution in [0.2, 0.25) is 0 Å². The number of nitrogens with one attached hydrogen (secondary N) is 3. The van der Waals surface area contributed by atoms with Gasteiger partial charge < -0.3 is 24.7 Å². The third-order valence-electron chi connectivity index (χ3n) is 5.56. The van der Waals surface area contributed by atoms with Gasteiger partial charge in [0, 0.05) is 55.2 Å². The minimum absolute atomic E-state index is 0.0838. The summed E-state index contributed by atoms with van der Waals surface area (Å²) in [6.45, 7) is 4.98. The molecule has 1 aliphatic heterocycles. The van der Waals surface area contributed by atoms with E-state index in [1.165, 1.54) is 6.07 Å². The molecule has 172 valence electrons. The molecule has 0 spiro atoms. The molecule has 0 bridgehead atoms. The molecule has 0 radical (unpaired) electrons. The molecule has 0 amide bonds. The first kappa shape index (κ1) is 21.1. The molecule has 3 aromatic heterocycles. The van der Waals surface area contributed by atoms with Crippen LogP contribution in [0.5, 0.6) is 11.8 Å². The van der Waals surface area contributed by atoms with E-state index in [9.17, 15) is 4.39 Å². The molecule has 4 heterocycles. The van der Waals surface area contributed by atoms with Gasteiger partial charge in [0.1, 0.15) is 11.6 Å². The van der Waals surface area contributed by atoms with Crippen molar-refractivity contribution in [3.8, 4) is 11.8 Å². The van der Waals surface area contributed by atoms with E-state index < -0.39 is 11.6 Å². The third kappa shape index (κ3) is 4.19. The molecular weight excluding hydrogens is 432 g/mol. The van der Waals surface area contributed by atoms with Crippen LogP contribution in [0.3, 0.4) is 0 Å². The lowest BCUT2D eigenvalue weighted by molar-refractivity contribution is 0.121. The second kappa shape index (κ2) is 8.32. The van der Waals surface area contributed by atoms with Gasteiger partial charge in [0.05, 0.1) is 11.6 Å². The van der Waals surface area contributed by atoms with Crippen molar-refractivity contribution in [1.29, 1.82) is 0 Å². The maximum atomic E-state index is 15.1. The highest BCUT2D eigenvalue weighted by atomic mass is 19.1. The summed E-state index contributed by atoms with van der Waals surface area (Å²) in [5.74, 6) is -0.0773. The predicted molar refractivity (Wildman–Crippen MR) is 119 cm³/mol. The number of aryl methyl sites for hydroxylation is 2. The van der Waals surface area contributed by atoms with E-state index >= 15 is 4.39 Å². The number of H-pyrrole nitrogens is 2. The molecule has 5 rings (SSSR count). The third-order valence-corrected chi connectivity index (χ3v) is 5.56. The molecule has 1 aromatic carbocycles. The summed E-state index contributed by atoms with van der Waals surface area (Å²) in [5.41, 5.74) is 1.60. The number of aromatic amines is 2. The van der Waals surface area contributed by atoms with Gasteiger partial charge in [-0.05, 0) is 26.3 Å². The number of ether oxygens (including phenoxy) is 2. The average Bonchev–Trinajstić information content (AvgIpc) is 3.51. The normalized spacial score (nSPS) is 16.0. The number of fused-ring (bicyclic) bond motifs is 1. The van der Waals surface area contributed by atoms with Crippen LogP contribution in [0.25, 0.3) is 10.9 Å². The van der Waals surface area contributed by atoms with Crippen molar-refractivity contribution in [2.75, 3.05) is 30.4 Å². The van der Waals surface area contributed by atoms with E-state index in [1.807, 2.05) is 17.9 Å². The van der Waals surface area contributed by atoms with E-state index in [2.05, 4.69) is 30.5 Å². The Morgan fingerprint density at radius 3 is 2.67 bits per heavy atom. The van der Waals surface area contributed by atoms with Gasteiger partial charge in [0.25, 0.3) is 0 Å². The number of nitrogens with zero attached hydrogens (tertiary/aromatic N) is 4. The van der Waals surface area contributed by atoms with Crippen LogP contribution >= 0.6 is 0 Å². The predicted octanol–water partition coefficient (Wildman–Crippen LogP) is 4.34. The molecule has 9 nitrogen and oxygen atoms in total. The zero-order valence-electron chi connectivity index (χ0n) is 18.4. The van der Waals surface area contributed by atoms with Gasteiger partial charge in [-0.15, -0.1) is 0 Å². The van der Waals surface area contributed by atoms with E-state index in [0.717, 1.165) is 24.7 Å². The van der Waals surface area contributed by atoms with Crippen molar-refractivity contribution in [2.45, 2.75) is 26.4 Å². The first-order chi connectivity index (χ1) is 15.9. The summed E-state index contributed by atoms with van der Waals surface area (Å²) in [6, 6.07) is 5.97. The van der Waals surface area contributed by atoms with Crippen LogP contribution in [0.4, 0.5) is 26.2 Å². The molecule has 0 saturated carbocycles. The number of halogens is 2. The smallest absolute Gasteiger partial charge is 0.326 e. The molecule has 1 aliphatic rings. The Balaban J connectivity index is 1.52. The van der Waals surface area contributed by atoms with Crippen LogP contribution in [0, 0.1) is 25.5 Å². The van der Waals surface area contributed by atoms with Gasteiger partial charge in [-0.2, -0.15) is 15.1 Å². The number of hydrogen-bond acceptors (Lipinski definition) is 7. The molecular formula is C22H23F2N7O2. The van der Waals surface area contributed by atoms with E-state index in [0.29, 0.717) is 29.7 Å². The van der Waals surface area contributed by atoms with Gasteiger partial charge in [-0.25, -0.2) is 8.78 Å². The monoisotopic (exact) mass is 455 g/mol. The lowest BCUT2D eigenvalue weighted by atomic mass is 10.2. The minimum Gasteiger partial charge on any atom is -0.421 e. The molecule has 11 heteroatoms. The number of aromatic nitrogens is 5. The number of benzene rings is 1. The molecule has 33 heavy (non-hydrogen) atoms. The summed E-state index contributed by atoms with van der Waals surface area (Å²) < 4.78 is 40.7. The first-order valence-electron chi connectivity index (χ1n) is 10.5. The second-order valence-corrected chi connectivity index (χ2v) is 8.06. The molecule has 4 aromatic rings. The van der Waals surface area contributed by atoms with Gasteiger partial charge in [0.15, 0.2) is 23.2 Å². The lowest BCUT2D eigenvalue weighted by Crippen LogP contribution is -2.23. The minimum atomic E-state index is -0.692. The molecule has 3 N–H and O–H groups in total. The van der Waals surface area contributed by atoms with Crippen molar-refractivity contribution in [2.24, 2.45) is 0 Å². The number of rotatable bonds is 6. The zero-order chi connectivity index (χ0) is 23.1. The van der Waals surface area contributed by atoms with Gasteiger partial charge in [-0.1, -0.05) is 0 Å². The van der Waals surface area contributed by atoms with Crippen molar-refractivity contribution >= 4 is 28.4 Å². The molecule has 1 fully saturated rings. The van der Waals surface area contributed by atoms with Gasteiger partial charge in [0.2, 0.25) is 0 Å². The summed E-state index contributed by atoms with van der Waals surface area (Å²) in [4.78, 5) is 13.6. The first-order valence-corrected chi connectivity index (χ1v) is 10.5. The number of methoxy groups -OCH3 is 1. The fourth-order valence-corrected chi connectivity index (χ4v) is 3.93. The van der Waals surface area contributed by atoms with Gasteiger partial charge >= 0.3 is 6.01 Å². The molecule has 1 unspecified atom stereocenters. The largest absolute Gasteiger partial charge is 0.421 e. The maximum Gasteiger partial charge on any atom is 0.326 e. The molecule has 1 saturated heterocycles. The van der Waals surface area contributed by atoms with Gasteiger partial charge in [-0.3, -0.25) is 5.10 Å². The molecule has 1 atom stereocenters. The van der Waals surface area contributed by atoms with Crippen LogP contribution < -0.4 is 15.0 Å². The average molecular weight is 455 g/mol. The SMILES string of the molecule is COC1CCN(c2cc(Nc3cc(C)[nH]n3)nc(Oc3cc(F)c4[nH]c(C)cc4c3F)n2)C1. The van der Waals surface area contributed by atoms with Crippen molar-refractivity contribution in [1.82, 2.24) is 25.1 Å². The number of anilines is 3. The summed E-state index contributed by atoms with van der Waals surface area (Å²) >= 11 is 0. The Hall–Kier alpha value is -3.73. The summed E-state index contributed by atoms with van der Waals surface area (Å²) in [6.07, 6.45) is 0.932. The highest BCUT2D eigenvalue weighted by Gasteiger charge is 2.25. The maximum absolute atomic E-state index is 15.1. The summed E-state index contributed by atoms with van der Waals surface area (Å²) in [7, 11) is 1.67. The fraction of sp³-hybridized carbons (Fsp3) is 0.318. The van der Waals surface area contributed by atoms with E-state index in [-0.39, 0.29) is 28.8 Å². The van der Waals surface area contributed by atoms with Crippen LogP contribution in [-0.2, 0) is 4.74 Å². The highest BCUT2D eigenvalue weighted by Crippen LogP contribution is 2.33. The van der Waals surface area contributed by atoms with E-state index in [4.69, 9.17) is 9.47 Å². The van der Waals surface area contributed by atoms with Crippen LogP contribution in [0.1, 0.15) is 17.8 Å². The zero-order valence-corrected chi connectivity index (χ0v) is 18.4. The Morgan fingerprint density at radius 1 is 1.09 bits per heavy atom. The van der Waals surface area contributed by atoms with Crippen LogP contribution in [0.15, 0.2) is 24.3 Å².